The Bertz CT molecular complexity index is 309. The van der Waals surface area contributed by atoms with Gasteiger partial charge in [-0.25, -0.2) is 0 Å². The highest BCUT2D eigenvalue weighted by Gasteiger charge is 2.56. The summed E-state index contributed by atoms with van der Waals surface area (Å²) in [6, 6.07) is 0. The number of nitrogens with two attached hydrogens (primary N) is 1. The highest BCUT2D eigenvalue weighted by atomic mass is 14.7. The van der Waals surface area contributed by atoms with Crippen molar-refractivity contribution >= 4 is 0 Å². The molecular formula is C17H31N. The van der Waals surface area contributed by atoms with Gasteiger partial charge in [-0.05, 0) is 87.4 Å². The molecular weight excluding hydrogens is 218 g/mol. The number of hydrogen-bond donors (Lipinski definition) is 1. The first-order chi connectivity index (χ1) is 8.29. The zero-order valence-corrected chi connectivity index (χ0v) is 12.7. The lowest BCUT2D eigenvalue weighted by molar-refractivity contribution is -0.121. The van der Waals surface area contributed by atoms with Crippen molar-refractivity contribution in [2.75, 3.05) is 0 Å². The molecule has 0 heterocycles. The molecule has 0 aliphatic heterocycles. The molecule has 1 nitrogen and oxygen atoms in total. The highest BCUT2D eigenvalue weighted by molar-refractivity contribution is 5.06. The van der Waals surface area contributed by atoms with Crippen LogP contribution in [0.3, 0.4) is 0 Å². The van der Waals surface area contributed by atoms with Crippen molar-refractivity contribution in [2.45, 2.75) is 71.8 Å². The van der Waals surface area contributed by atoms with Gasteiger partial charge in [0.25, 0.3) is 0 Å². The lowest BCUT2D eigenvalue weighted by atomic mass is 9.43. The Morgan fingerprint density at radius 3 is 2.11 bits per heavy atom. The van der Waals surface area contributed by atoms with Gasteiger partial charge in [-0.1, -0.05) is 13.8 Å². The molecule has 4 rings (SSSR count). The second kappa shape index (κ2) is 3.98. The molecule has 104 valence electrons. The summed E-state index contributed by atoms with van der Waals surface area (Å²) in [5.41, 5.74) is 7.05. The van der Waals surface area contributed by atoms with E-state index in [1.165, 1.54) is 38.5 Å². The highest BCUT2D eigenvalue weighted by Crippen LogP contribution is 2.65. The van der Waals surface area contributed by atoms with Gasteiger partial charge in [0.05, 0.1) is 0 Å². The van der Waals surface area contributed by atoms with Gasteiger partial charge in [-0.15, -0.1) is 0 Å². The van der Waals surface area contributed by atoms with Crippen LogP contribution in [0.25, 0.3) is 0 Å². The number of hydrogen-bond acceptors (Lipinski definition) is 1. The summed E-state index contributed by atoms with van der Waals surface area (Å²) in [5.74, 6) is 4.89. The minimum absolute atomic E-state index is 0.0328. The van der Waals surface area contributed by atoms with Crippen molar-refractivity contribution < 1.29 is 0 Å². The van der Waals surface area contributed by atoms with Crippen LogP contribution in [-0.2, 0) is 0 Å². The fourth-order valence-electron chi connectivity index (χ4n) is 5.84. The summed E-state index contributed by atoms with van der Waals surface area (Å²) in [7, 11) is 0. The van der Waals surface area contributed by atoms with Crippen LogP contribution >= 0.6 is 0 Å². The molecule has 4 aliphatic carbocycles. The molecule has 1 heteroatoms. The van der Waals surface area contributed by atoms with Gasteiger partial charge in [-0.2, -0.15) is 0 Å². The molecule has 18 heavy (non-hydrogen) atoms. The molecule has 0 spiro atoms. The van der Waals surface area contributed by atoms with Crippen LogP contribution in [0.4, 0.5) is 0 Å². The van der Waals surface area contributed by atoms with Crippen molar-refractivity contribution in [3.63, 3.8) is 0 Å². The first-order valence-electron chi connectivity index (χ1n) is 8.08. The van der Waals surface area contributed by atoms with Gasteiger partial charge < -0.3 is 5.73 Å². The molecule has 4 aliphatic rings. The van der Waals surface area contributed by atoms with Crippen LogP contribution in [0.2, 0.25) is 0 Å². The van der Waals surface area contributed by atoms with E-state index in [0.29, 0.717) is 5.41 Å². The summed E-state index contributed by atoms with van der Waals surface area (Å²) in [6.07, 6.45) is 8.86. The van der Waals surface area contributed by atoms with E-state index in [4.69, 9.17) is 5.73 Å². The molecule has 4 fully saturated rings. The smallest absolute Gasteiger partial charge is 0.00998 e. The average molecular weight is 249 g/mol. The maximum Gasteiger partial charge on any atom is 0.00998 e. The standard InChI is InChI=1S/C17H31N/c1-11(2)17-7-12-5-13(8-17)15(10-16(3,4)18)14(6-12)9-17/h11-15H,5-10,18H2,1-4H3. The second-order valence-electron chi connectivity index (χ2n) is 8.84. The average Bonchev–Trinajstić information content (AvgIpc) is 2.21. The van der Waals surface area contributed by atoms with Crippen molar-refractivity contribution in [3.05, 3.63) is 0 Å². The van der Waals surface area contributed by atoms with Crippen molar-refractivity contribution in [2.24, 2.45) is 40.7 Å². The monoisotopic (exact) mass is 249 g/mol. The SMILES string of the molecule is CC(C)C12CC3CC(C1)C(CC(C)(C)N)C(C3)C2. The van der Waals surface area contributed by atoms with Crippen LogP contribution in [0, 0.1) is 35.0 Å². The third-order valence-electron chi connectivity index (χ3n) is 6.50. The third-order valence-corrected chi connectivity index (χ3v) is 6.50. The first kappa shape index (κ1) is 13.0. The maximum atomic E-state index is 6.31. The van der Waals surface area contributed by atoms with Gasteiger partial charge >= 0.3 is 0 Å². The summed E-state index contributed by atoms with van der Waals surface area (Å²) < 4.78 is 0. The van der Waals surface area contributed by atoms with Gasteiger partial charge in [0.1, 0.15) is 0 Å². The van der Waals surface area contributed by atoms with E-state index in [1.807, 2.05) is 0 Å². The normalized spacial score (nSPS) is 47.0. The van der Waals surface area contributed by atoms with E-state index in [2.05, 4.69) is 27.7 Å². The molecule has 2 atom stereocenters. The Balaban J connectivity index is 1.81. The second-order valence-corrected chi connectivity index (χ2v) is 8.84. The Hall–Kier alpha value is -0.0400. The van der Waals surface area contributed by atoms with Crippen LogP contribution in [0.15, 0.2) is 0 Å². The van der Waals surface area contributed by atoms with E-state index in [1.54, 1.807) is 0 Å². The molecule has 0 aromatic rings. The predicted octanol–water partition coefficient (Wildman–Crippen LogP) is 4.21. The molecule has 0 radical (unpaired) electrons. The van der Waals surface area contributed by atoms with Crippen LogP contribution in [0.1, 0.15) is 66.2 Å². The van der Waals surface area contributed by atoms with E-state index < -0.39 is 0 Å². The lowest BCUT2D eigenvalue weighted by Gasteiger charge is -2.62. The van der Waals surface area contributed by atoms with Gasteiger partial charge in [0.15, 0.2) is 0 Å². The summed E-state index contributed by atoms with van der Waals surface area (Å²) in [4.78, 5) is 0. The van der Waals surface area contributed by atoms with Gasteiger partial charge in [0.2, 0.25) is 0 Å². The lowest BCUT2D eigenvalue weighted by Crippen LogP contribution is -2.54. The third kappa shape index (κ3) is 2.03. The van der Waals surface area contributed by atoms with Gasteiger partial charge in [0, 0.05) is 5.54 Å². The fraction of sp³-hybridized carbons (Fsp3) is 1.00. The first-order valence-corrected chi connectivity index (χ1v) is 8.08. The molecule has 2 unspecified atom stereocenters. The maximum absolute atomic E-state index is 6.31. The summed E-state index contributed by atoms with van der Waals surface area (Å²) in [6.45, 7) is 9.37. The van der Waals surface area contributed by atoms with Crippen LogP contribution < -0.4 is 5.73 Å². The predicted molar refractivity (Wildman–Crippen MR) is 77.2 cm³/mol. The molecule has 0 amide bonds. The Morgan fingerprint density at radius 2 is 1.67 bits per heavy atom. The van der Waals surface area contributed by atoms with Gasteiger partial charge in [-0.3, -0.25) is 0 Å². The minimum atomic E-state index is 0.0328. The van der Waals surface area contributed by atoms with Crippen LogP contribution in [0.5, 0.6) is 0 Å². The molecule has 0 aromatic heterocycles. The minimum Gasteiger partial charge on any atom is -0.326 e. The summed E-state index contributed by atoms with van der Waals surface area (Å²) >= 11 is 0. The molecule has 4 bridgehead atoms. The largest absolute Gasteiger partial charge is 0.326 e. The van der Waals surface area contributed by atoms with Crippen molar-refractivity contribution in [1.82, 2.24) is 0 Å². The van der Waals surface area contributed by atoms with Crippen molar-refractivity contribution in [3.8, 4) is 0 Å². The topological polar surface area (TPSA) is 26.0 Å². The Labute approximate surface area is 113 Å². The van der Waals surface area contributed by atoms with E-state index >= 15 is 0 Å². The molecule has 0 aromatic carbocycles. The zero-order valence-electron chi connectivity index (χ0n) is 12.7. The fourth-order valence-corrected chi connectivity index (χ4v) is 5.84. The quantitative estimate of drug-likeness (QED) is 0.796. The van der Waals surface area contributed by atoms with E-state index in [0.717, 1.165) is 29.6 Å². The number of rotatable bonds is 3. The van der Waals surface area contributed by atoms with E-state index in [9.17, 15) is 0 Å². The Morgan fingerprint density at radius 1 is 1.11 bits per heavy atom. The Kier molecular flexibility index (Phi) is 2.86. The van der Waals surface area contributed by atoms with E-state index in [-0.39, 0.29) is 5.54 Å². The molecule has 4 saturated carbocycles. The molecule has 0 saturated heterocycles. The van der Waals surface area contributed by atoms with Crippen molar-refractivity contribution in [1.29, 1.82) is 0 Å². The molecule has 2 N–H and O–H groups in total. The van der Waals surface area contributed by atoms with Crippen LogP contribution in [-0.4, -0.2) is 5.54 Å². The zero-order chi connectivity index (χ0) is 13.1. The summed E-state index contributed by atoms with van der Waals surface area (Å²) in [5, 5.41) is 0.